The summed E-state index contributed by atoms with van der Waals surface area (Å²) < 4.78 is 9.27. The molecule has 0 saturated heterocycles. The number of rotatable bonds is 6. The van der Waals surface area contributed by atoms with Crippen LogP contribution in [0.1, 0.15) is 12.6 Å². The fourth-order valence-corrected chi connectivity index (χ4v) is 3.49. The average molecular weight is 387 g/mol. The van der Waals surface area contributed by atoms with E-state index in [0.717, 1.165) is 22.8 Å². The monoisotopic (exact) mass is 386 g/mol. The van der Waals surface area contributed by atoms with Gasteiger partial charge in [-0.1, -0.05) is 35.5 Å². The highest BCUT2D eigenvalue weighted by Crippen LogP contribution is 2.27. The van der Waals surface area contributed by atoms with E-state index in [0.29, 0.717) is 22.5 Å². The molecule has 0 unspecified atom stereocenters. The van der Waals surface area contributed by atoms with Crippen LogP contribution in [0.5, 0.6) is 5.75 Å². The van der Waals surface area contributed by atoms with Gasteiger partial charge in [0.2, 0.25) is 5.16 Å². The molecule has 26 heavy (non-hydrogen) atoms. The highest BCUT2D eigenvalue weighted by molar-refractivity contribution is 7.98. The lowest BCUT2D eigenvalue weighted by Gasteiger charge is -2.10. The second-order valence-corrected chi connectivity index (χ2v) is 6.79. The van der Waals surface area contributed by atoms with E-state index in [4.69, 9.17) is 16.3 Å². The fraction of sp³-hybridized carbons (Fsp3) is 0.176. The second kappa shape index (κ2) is 7.35. The molecule has 3 aromatic heterocycles. The lowest BCUT2D eigenvalue weighted by atomic mass is 10.3. The number of halogens is 1. The molecule has 4 aromatic rings. The molecule has 0 aliphatic heterocycles. The number of tetrazole rings is 1. The van der Waals surface area contributed by atoms with Crippen LogP contribution in [0.3, 0.4) is 0 Å². The highest BCUT2D eigenvalue weighted by atomic mass is 35.5. The molecule has 0 aliphatic rings. The van der Waals surface area contributed by atoms with E-state index < -0.39 is 0 Å². The minimum Gasteiger partial charge on any atom is -0.492 e. The maximum atomic E-state index is 6.02. The quantitative estimate of drug-likeness (QED) is 0.471. The van der Waals surface area contributed by atoms with Gasteiger partial charge in [0.05, 0.1) is 17.3 Å². The number of hydrogen-bond donors (Lipinski definition) is 0. The summed E-state index contributed by atoms with van der Waals surface area (Å²) in [5.74, 6) is 1.38. The molecule has 0 N–H and O–H groups in total. The first kappa shape index (κ1) is 16.9. The number of aromatic nitrogens is 6. The zero-order chi connectivity index (χ0) is 17.9. The fourth-order valence-electron chi connectivity index (χ4n) is 2.56. The van der Waals surface area contributed by atoms with Crippen molar-refractivity contribution in [1.29, 1.82) is 0 Å². The Labute approximate surface area is 159 Å². The summed E-state index contributed by atoms with van der Waals surface area (Å²) in [5.41, 5.74) is 2.58. The maximum Gasteiger partial charge on any atom is 0.214 e. The first-order chi connectivity index (χ1) is 12.7. The Morgan fingerprint density at radius 1 is 1.15 bits per heavy atom. The van der Waals surface area contributed by atoms with Crippen molar-refractivity contribution in [3.8, 4) is 11.4 Å². The van der Waals surface area contributed by atoms with E-state index in [2.05, 4.69) is 20.5 Å². The summed E-state index contributed by atoms with van der Waals surface area (Å²) in [6, 6.07) is 11.4. The molecule has 0 aliphatic carbocycles. The molecule has 0 atom stereocenters. The molecule has 0 saturated carbocycles. The minimum atomic E-state index is 0.575. The first-order valence-electron chi connectivity index (χ1n) is 8.01. The van der Waals surface area contributed by atoms with Crippen molar-refractivity contribution < 1.29 is 4.74 Å². The van der Waals surface area contributed by atoms with Crippen molar-refractivity contribution >= 4 is 29.0 Å². The van der Waals surface area contributed by atoms with Crippen molar-refractivity contribution in [1.82, 2.24) is 29.6 Å². The number of benzene rings is 1. The van der Waals surface area contributed by atoms with Crippen LogP contribution in [0.4, 0.5) is 0 Å². The summed E-state index contributed by atoms with van der Waals surface area (Å²) >= 11 is 7.53. The van der Waals surface area contributed by atoms with E-state index in [1.54, 1.807) is 4.68 Å². The van der Waals surface area contributed by atoms with E-state index in [9.17, 15) is 0 Å². The van der Waals surface area contributed by atoms with E-state index in [-0.39, 0.29) is 0 Å². The van der Waals surface area contributed by atoms with Crippen molar-refractivity contribution in [2.75, 3.05) is 6.61 Å². The number of fused-ring (bicyclic) bond motifs is 1. The standard InChI is InChI=1S/C17H15ClN6OS/c1-2-25-15-6-4-3-5-14(15)24-17(20-21-22-24)26-11-13-10-23-9-12(18)7-8-16(23)19-13/h3-10H,2,11H2,1H3. The third-order valence-corrected chi connectivity index (χ3v) is 4.82. The number of pyridine rings is 1. The third-order valence-electron chi connectivity index (χ3n) is 3.65. The highest BCUT2D eigenvalue weighted by Gasteiger charge is 2.14. The summed E-state index contributed by atoms with van der Waals surface area (Å²) in [6.45, 7) is 2.52. The molecular weight excluding hydrogens is 372 g/mol. The topological polar surface area (TPSA) is 70.1 Å². The Morgan fingerprint density at radius 2 is 2.04 bits per heavy atom. The smallest absolute Gasteiger partial charge is 0.214 e. The molecule has 0 amide bonds. The summed E-state index contributed by atoms with van der Waals surface area (Å²) in [4.78, 5) is 4.58. The van der Waals surface area contributed by atoms with Gasteiger partial charge in [-0.05, 0) is 41.6 Å². The summed E-state index contributed by atoms with van der Waals surface area (Å²) in [6.07, 6.45) is 3.79. The SMILES string of the molecule is CCOc1ccccc1-n1nnnc1SCc1cn2cc(Cl)ccc2n1. The van der Waals surface area contributed by atoms with E-state index in [1.165, 1.54) is 11.8 Å². The molecule has 4 rings (SSSR count). The predicted octanol–water partition coefficient (Wildman–Crippen LogP) is 3.65. The molecule has 0 fully saturated rings. The van der Waals surface area contributed by atoms with Gasteiger partial charge in [0, 0.05) is 18.1 Å². The van der Waals surface area contributed by atoms with Crippen molar-refractivity contribution in [2.24, 2.45) is 0 Å². The van der Waals surface area contributed by atoms with Gasteiger partial charge < -0.3 is 9.14 Å². The Morgan fingerprint density at radius 3 is 2.92 bits per heavy atom. The third kappa shape index (κ3) is 3.38. The molecule has 9 heteroatoms. The first-order valence-corrected chi connectivity index (χ1v) is 9.37. The number of hydrogen-bond acceptors (Lipinski definition) is 6. The van der Waals surface area contributed by atoms with Gasteiger partial charge in [0.15, 0.2) is 0 Å². The molecule has 0 spiro atoms. The lowest BCUT2D eigenvalue weighted by molar-refractivity contribution is 0.337. The molecule has 7 nitrogen and oxygen atoms in total. The zero-order valence-corrected chi connectivity index (χ0v) is 15.5. The predicted molar refractivity (Wildman–Crippen MR) is 100 cm³/mol. The second-order valence-electron chi connectivity index (χ2n) is 5.41. The largest absolute Gasteiger partial charge is 0.492 e. The summed E-state index contributed by atoms with van der Waals surface area (Å²) in [5, 5.41) is 13.4. The van der Waals surface area contributed by atoms with Gasteiger partial charge in [-0.3, -0.25) is 0 Å². The van der Waals surface area contributed by atoms with Gasteiger partial charge >= 0.3 is 0 Å². The van der Waals surface area contributed by atoms with Crippen LogP contribution in [-0.4, -0.2) is 36.2 Å². The molecule has 132 valence electrons. The molecule has 3 heterocycles. The van der Waals surface area contributed by atoms with Crippen LogP contribution < -0.4 is 4.74 Å². The number of imidazole rings is 1. The van der Waals surface area contributed by atoms with Gasteiger partial charge in [-0.2, -0.15) is 4.68 Å². The Kier molecular flexibility index (Phi) is 4.77. The van der Waals surface area contributed by atoms with Crippen molar-refractivity contribution in [3.05, 3.63) is 59.5 Å². The van der Waals surface area contributed by atoms with Crippen LogP contribution in [0.2, 0.25) is 5.02 Å². The Hall–Kier alpha value is -2.58. The van der Waals surface area contributed by atoms with E-state index in [1.807, 2.05) is 60.1 Å². The minimum absolute atomic E-state index is 0.575. The van der Waals surface area contributed by atoms with Gasteiger partial charge in [0.1, 0.15) is 17.1 Å². The molecule has 0 bridgehead atoms. The van der Waals surface area contributed by atoms with Gasteiger partial charge in [0.25, 0.3) is 0 Å². The number of ether oxygens (including phenoxy) is 1. The van der Waals surface area contributed by atoms with Crippen LogP contribution >= 0.6 is 23.4 Å². The molecular formula is C17H15ClN6OS. The summed E-state index contributed by atoms with van der Waals surface area (Å²) in [7, 11) is 0. The Balaban J connectivity index is 1.57. The Bertz CT molecular complexity index is 1050. The normalized spacial score (nSPS) is 11.2. The van der Waals surface area contributed by atoms with Gasteiger partial charge in [-0.15, -0.1) is 5.10 Å². The average Bonchev–Trinajstić information content (AvgIpc) is 3.26. The van der Waals surface area contributed by atoms with E-state index >= 15 is 0 Å². The zero-order valence-electron chi connectivity index (χ0n) is 13.9. The van der Waals surface area contributed by atoms with Crippen molar-refractivity contribution in [3.63, 3.8) is 0 Å². The van der Waals surface area contributed by atoms with Crippen LogP contribution in [-0.2, 0) is 5.75 Å². The van der Waals surface area contributed by atoms with Crippen LogP contribution in [0.25, 0.3) is 11.3 Å². The van der Waals surface area contributed by atoms with Gasteiger partial charge in [-0.25, -0.2) is 4.98 Å². The van der Waals surface area contributed by atoms with Crippen LogP contribution in [0, 0.1) is 0 Å². The molecule has 0 radical (unpaired) electrons. The van der Waals surface area contributed by atoms with Crippen molar-refractivity contribution in [2.45, 2.75) is 17.8 Å². The number of thioether (sulfide) groups is 1. The lowest BCUT2D eigenvalue weighted by Crippen LogP contribution is -2.03. The maximum absolute atomic E-state index is 6.02. The molecule has 1 aromatic carbocycles. The number of nitrogens with zero attached hydrogens (tertiary/aromatic N) is 6. The van der Waals surface area contributed by atoms with Crippen LogP contribution in [0.15, 0.2) is 53.9 Å². The number of para-hydroxylation sites is 2.